The van der Waals surface area contributed by atoms with Crippen molar-refractivity contribution in [2.24, 2.45) is 4.99 Å². The summed E-state index contributed by atoms with van der Waals surface area (Å²) in [5.74, 6) is 1.60. The van der Waals surface area contributed by atoms with Gasteiger partial charge in [0.2, 0.25) is 5.96 Å². The Hall–Kier alpha value is -3.06. The molecule has 7 heteroatoms. The zero-order chi connectivity index (χ0) is 22.2. The molecule has 3 rings (SSSR count). The van der Waals surface area contributed by atoms with Crippen LogP contribution in [0.15, 0.2) is 47.5 Å². The molecule has 0 saturated carbocycles. The fourth-order valence-electron chi connectivity index (χ4n) is 3.30. The first-order valence-corrected chi connectivity index (χ1v) is 10.6. The third-order valence-electron chi connectivity index (χ3n) is 5.16. The average Bonchev–Trinajstić information content (AvgIpc) is 3.31. The van der Waals surface area contributed by atoms with Gasteiger partial charge in [-0.2, -0.15) is 0 Å². The maximum atomic E-state index is 12.9. The molecular weight excluding hydrogens is 394 g/mol. The standard InChI is InChI=1S/C24H31N3O4/c1-16(2)17-7-9-19(10-8-17)26-24(25-15-20-6-5-11-31-20)27-23(28)18-12-21(29-3)14-22(13-18)30-4/h7-10,12-14,16,20H,5-6,11,15H2,1-4H3,(H2,25,26,27,28)/t20-/m0/s1. The largest absolute Gasteiger partial charge is 0.497 e. The lowest BCUT2D eigenvalue weighted by Gasteiger charge is -2.15. The lowest BCUT2D eigenvalue weighted by Crippen LogP contribution is -2.36. The van der Waals surface area contributed by atoms with E-state index < -0.39 is 0 Å². The summed E-state index contributed by atoms with van der Waals surface area (Å²) in [5, 5.41) is 6.11. The van der Waals surface area contributed by atoms with Crippen LogP contribution < -0.4 is 20.1 Å². The summed E-state index contributed by atoms with van der Waals surface area (Å²) in [5.41, 5.74) is 2.51. The molecule has 1 aliphatic rings. The Morgan fingerprint density at radius 1 is 1.13 bits per heavy atom. The first-order valence-electron chi connectivity index (χ1n) is 10.6. The third kappa shape index (κ3) is 6.46. The topological polar surface area (TPSA) is 81.2 Å². The lowest BCUT2D eigenvalue weighted by atomic mass is 10.0. The smallest absolute Gasteiger partial charge is 0.258 e. The number of methoxy groups -OCH3 is 2. The number of hydrogen-bond acceptors (Lipinski definition) is 5. The molecule has 1 aliphatic heterocycles. The molecule has 0 radical (unpaired) electrons. The van der Waals surface area contributed by atoms with Gasteiger partial charge in [0.25, 0.3) is 5.91 Å². The SMILES string of the molecule is COc1cc(OC)cc(C(=O)NC(=NC[C@@H]2CCCO2)Nc2ccc(C(C)C)cc2)c1. The molecule has 1 saturated heterocycles. The Labute approximate surface area is 183 Å². The van der Waals surface area contributed by atoms with Crippen LogP contribution in [0.4, 0.5) is 5.69 Å². The highest BCUT2D eigenvalue weighted by atomic mass is 16.5. The van der Waals surface area contributed by atoms with Crippen molar-refractivity contribution in [3.8, 4) is 11.5 Å². The van der Waals surface area contributed by atoms with E-state index in [2.05, 4.69) is 41.6 Å². The van der Waals surface area contributed by atoms with Crippen molar-refractivity contribution >= 4 is 17.6 Å². The van der Waals surface area contributed by atoms with Gasteiger partial charge < -0.3 is 19.5 Å². The first-order chi connectivity index (χ1) is 15.0. The quantitative estimate of drug-likeness (QED) is 0.513. The van der Waals surface area contributed by atoms with E-state index in [0.717, 1.165) is 25.1 Å². The predicted molar refractivity (Wildman–Crippen MR) is 122 cm³/mol. The summed E-state index contributed by atoms with van der Waals surface area (Å²) >= 11 is 0. The Bertz CT molecular complexity index is 881. The Morgan fingerprint density at radius 2 is 1.81 bits per heavy atom. The van der Waals surface area contributed by atoms with E-state index in [9.17, 15) is 4.79 Å². The van der Waals surface area contributed by atoms with Crippen molar-refractivity contribution in [3.63, 3.8) is 0 Å². The highest BCUT2D eigenvalue weighted by Crippen LogP contribution is 2.22. The minimum absolute atomic E-state index is 0.0777. The van der Waals surface area contributed by atoms with Gasteiger partial charge in [0.05, 0.1) is 26.9 Å². The molecule has 0 bridgehead atoms. The van der Waals surface area contributed by atoms with Crippen LogP contribution >= 0.6 is 0 Å². The summed E-state index contributed by atoms with van der Waals surface area (Å²) in [6.45, 7) is 5.54. The van der Waals surface area contributed by atoms with Crippen molar-refractivity contribution < 1.29 is 19.0 Å². The van der Waals surface area contributed by atoms with E-state index >= 15 is 0 Å². The summed E-state index contributed by atoms with van der Waals surface area (Å²) < 4.78 is 16.2. The molecule has 0 unspecified atom stereocenters. The van der Waals surface area contributed by atoms with Gasteiger partial charge in [0.1, 0.15) is 11.5 Å². The van der Waals surface area contributed by atoms with Crippen LogP contribution in [0.3, 0.4) is 0 Å². The average molecular weight is 426 g/mol. The molecule has 166 valence electrons. The molecule has 0 spiro atoms. The Kier molecular flexibility index (Phi) is 7.89. The van der Waals surface area contributed by atoms with Crippen LogP contribution in [0.25, 0.3) is 0 Å². The third-order valence-corrected chi connectivity index (χ3v) is 5.16. The lowest BCUT2D eigenvalue weighted by molar-refractivity contribution is 0.0975. The van der Waals surface area contributed by atoms with E-state index in [1.165, 1.54) is 5.56 Å². The van der Waals surface area contributed by atoms with Crippen molar-refractivity contribution in [1.82, 2.24) is 5.32 Å². The molecule has 1 fully saturated rings. The second-order valence-electron chi connectivity index (χ2n) is 7.78. The molecule has 2 N–H and O–H groups in total. The van der Waals surface area contributed by atoms with Gasteiger partial charge in [-0.3, -0.25) is 10.1 Å². The summed E-state index contributed by atoms with van der Waals surface area (Å²) in [4.78, 5) is 17.5. The van der Waals surface area contributed by atoms with Gasteiger partial charge in [-0.05, 0) is 48.6 Å². The number of amides is 1. The monoisotopic (exact) mass is 425 g/mol. The fourth-order valence-corrected chi connectivity index (χ4v) is 3.30. The van der Waals surface area contributed by atoms with E-state index in [1.807, 2.05) is 12.1 Å². The maximum absolute atomic E-state index is 12.9. The molecule has 7 nitrogen and oxygen atoms in total. The van der Waals surface area contributed by atoms with Crippen LogP contribution in [-0.4, -0.2) is 45.3 Å². The maximum Gasteiger partial charge on any atom is 0.258 e. The summed E-state index contributed by atoms with van der Waals surface area (Å²) in [6, 6.07) is 13.1. The van der Waals surface area contributed by atoms with E-state index in [1.54, 1.807) is 32.4 Å². The zero-order valence-electron chi connectivity index (χ0n) is 18.6. The van der Waals surface area contributed by atoms with Crippen molar-refractivity contribution in [2.75, 3.05) is 32.7 Å². The number of ether oxygens (including phenoxy) is 3. The molecule has 1 amide bonds. The van der Waals surface area contributed by atoms with Gasteiger partial charge in [-0.25, -0.2) is 4.99 Å². The second kappa shape index (κ2) is 10.8. The number of benzene rings is 2. The number of carbonyl (C=O) groups excluding carboxylic acids is 1. The van der Waals surface area contributed by atoms with E-state index in [-0.39, 0.29) is 12.0 Å². The van der Waals surface area contributed by atoms with Crippen molar-refractivity contribution in [2.45, 2.75) is 38.7 Å². The minimum atomic E-state index is -0.311. The zero-order valence-corrected chi connectivity index (χ0v) is 18.6. The van der Waals surface area contributed by atoms with Crippen molar-refractivity contribution in [3.05, 3.63) is 53.6 Å². The van der Waals surface area contributed by atoms with E-state index in [4.69, 9.17) is 14.2 Å². The van der Waals surface area contributed by atoms with E-state index in [0.29, 0.717) is 35.5 Å². The first kappa shape index (κ1) is 22.6. The predicted octanol–water partition coefficient (Wildman–Crippen LogP) is 4.20. The van der Waals surface area contributed by atoms with Crippen LogP contribution in [0.2, 0.25) is 0 Å². The number of hydrogen-bond donors (Lipinski definition) is 2. The summed E-state index contributed by atoms with van der Waals surface area (Å²) in [6.07, 6.45) is 2.09. The van der Waals surface area contributed by atoms with Crippen LogP contribution in [0.1, 0.15) is 48.5 Å². The molecule has 1 heterocycles. The number of nitrogens with zero attached hydrogens (tertiary/aromatic N) is 1. The second-order valence-corrected chi connectivity index (χ2v) is 7.78. The Morgan fingerprint density at radius 3 is 2.35 bits per heavy atom. The number of aliphatic imine (C=N–C) groups is 1. The van der Waals surface area contributed by atoms with Gasteiger partial charge in [-0.15, -0.1) is 0 Å². The Balaban J connectivity index is 1.78. The highest BCUT2D eigenvalue weighted by molar-refractivity contribution is 6.10. The van der Waals surface area contributed by atoms with Crippen LogP contribution in [0.5, 0.6) is 11.5 Å². The molecule has 0 aromatic heterocycles. The fraction of sp³-hybridized carbons (Fsp3) is 0.417. The molecular formula is C24H31N3O4. The molecule has 2 aromatic carbocycles. The number of carbonyl (C=O) groups is 1. The number of rotatable bonds is 7. The number of guanidine groups is 1. The molecule has 31 heavy (non-hydrogen) atoms. The van der Waals surface area contributed by atoms with Crippen LogP contribution in [0, 0.1) is 0 Å². The number of anilines is 1. The highest BCUT2D eigenvalue weighted by Gasteiger charge is 2.17. The van der Waals surface area contributed by atoms with Crippen LogP contribution in [-0.2, 0) is 4.74 Å². The number of nitrogens with one attached hydrogen (secondary N) is 2. The molecule has 2 aromatic rings. The minimum Gasteiger partial charge on any atom is -0.497 e. The normalized spacial score (nSPS) is 16.3. The van der Waals surface area contributed by atoms with Gasteiger partial charge in [-0.1, -0.05) is 26.0 Å². The van der Waals surface area contributed by atoms with Gasteiger partial charge >= 0.3 is 0 Å². The molecule has 1 atom stereocenters. The molecule has 0 aliphatic carbocycles. The summed E-state index contributed by atoms with van der Waals surface area (Å²) in [7, 11) is 3.10. The van der Waals surface area contributed by atoms with Gasteiger partial charge in [0, 0.05) is 23.9 Å². The van der Waals surface area contributed by atoms with Gasteiger partial charge in [0.15, 0.2) is 0 Å². The van der Waals surface area contributed by atoms with Crippen molar-refractivity contribution in [1.29, 1.82) is 0 Å².